The second kappa shape index (κ2) is 3.30. The first-order valence-corrected chi connectivity index (χ1v) is 3.48. The van der Waals surface area contributed by atoms with Crippen molar-refractivity contribution in [3.05, 3.63) is 18.0 Å². The Balaban J connectivity index is 2.71. The van der Waals surface area contributed by atoms with Gasteiger partial charge in [-0.05, 0) is 13.0 Å². The molecule has 11 heavy (non-hydrogen) atoms. The lowest BCUT2D eigenvalue weighted by atomic mass is 10.3. The Morgan fingerprint density at radius 1 is 1.73 bits per heavy atom. The van der Waals surface area contributed by atoms with E-state index in [9.17, 15) is 0 Å². The van der Waals surface area contributed by atoms with Crippen molar-refractivity contribution in [3.63, 3.8) is 0 Å². The smallest absolute Gasteiger partial charge is 0.0807 e. The van der Waals surface area contributed by atoms with Crippen LogP contribution in [0.25, 0.3) is 6.08 Å². The zero-order valence-electron chi connectivity index (χ0n) is 6.73. The zero-order valence-corrected chi connectivity index (χ0v) is 6.73. The van der Waals surface area contributed by atoms with Gasteiger partial charge in [-0.15, -0.1) is 5.10 Å². The summed E-state index contributed by atoms with van der Waals surface area (Å²) in [5, 5.41) is 7.49. The molecule has 1 atom stereocenters. The Labute approximate surface area is 65.7 Å². The van der Waals surface area contributed by atoms with Gasteiger partial charge in [0.05, 0.1) is 11.9 Å². The first-order chi connectivity index (χ1) is 5.20. The van der Waals surface area contributed by atoms with Gasteiger partial charge in [0.2, 0.25) is 0 Å². The van der Waals surface area contributed by atoms with Crippen molar-refractivity contribution in [2.45, 2.75) is 13.0 Å². The Kier molecular flexibility index (Phi) is 2.38. The van der Waals surface area contributed by atoms with E-state index in [4.69, 9.17) is 5.73 Å². The minimum absolute atomic E-state index is 0.0740. The fraction of sp³-hybridized carbons (Fsp3) is 0.429. The lowest BCUT2D eigenvalue weighted by Crippen LogP contribution is -2.10. The van der Waals surface area contributed by atoms with Crippen LogP contribution in [0.1, 0.15) is 12.6 Å². The lowest BCUT2D eigenvalue weighted by molar-refractivity contribution is 0.709. The van der Waals surface area contributed by atoms with Gasteiger partial charge >= 0.3 is 0 Å². The summed E-state index contributed by atoms with van der Waals surface area (Å²) >= 11 is 0. The van der Waals surface area contributed by atoms with Crippen molar-refractivity contribution in [2.75, 3.05) is 0 Å². The zero-order chi connectivity index (χ0) is 8.27. The van der Waals surface area contributed by atoms with Crippen LogP contribution in [-0.4, -0.2) is 21.0 Å². The fourth-order valence-electron chi connectivity index (χ4n) is 0.699. The molecule has 1 unspecified atom stereocenters. The Bertz CT molecular complexity index is 249. The van der Waals surface area contributed by atoms with Crippen LogP contribution in [0.4, 0.5) is 0 Å². The van der Waals surface area contributed by atoms with Gasteiger partial charge in [-0.2, -0.15) is 0 Å². The molecule has 0 aromatic carbocycles. The molecule has 0 saturated heterocycles. The Hall–Kier alpha value is -1.16. The van der Waals surface area contributed by atoms with E-state index in [1.165, 1.54) is 0 Å². The van der Waals surface area contributed by atoms with Crippen molar-refractivity contribution in [3.8, 4) is 0 Å². The quantitative estimate of drug-likeness (QED) is 0.657. The highest BCUT2D eigenvalue weighted by atomic mass is 15.4. The summed E-state index contributed by atoms with van der Waals surface area (Å²) in [6.07, 6.45) is 5.50. The van der Waals surface area contributed by atoms with Gasteiger partial charge in [0, 0.05) is 13.1 Å². The fourth-order valence-corrected chi connectivity index (χ4v) is 0.699. The topological polar surface area (TPSA) is 56.7 Å². The summed E-state index contributed by atoms with van der Waals surface area (Å²) in [5.74, 6) is 0. The van der Waals surface area contributed by atoms with E-state index in [1.807, 2.05) is 26.1 Å². The van der Waals surface area contributed by atoms with Gasteiger partial charge in [-0.1, -0.05) is 11.3 Å². The highest BCUT2D eigenvalue weighted by Crippen LogP contribution is 1.96. The standard InChI is InChI=1S/C7H12N4/c1-6(8)3-4-7-5-9-10-11(7)2/h3-6H,8H2,1-2H3/b4-3+. The molecule has 0 aliphatic carbocycles. The maximum atomic E-state index is 5.52. The molecular weight excluding hydrogens is 140 g/mol. The molecule has 0 aliphatic heterocycles. The van der Waals surface area contributed by atoms with Crippen LogP contribution >= 0.6 is 0 Å². The largest absolute Gasteiger partial charge is 0.325 e. The summed E-state index contributed by atoms with van der Waals surface area (Å²) in [6.45, 7) is 1.92. The SMILES string of the molecule is CC(N)/C=C/c1cnnn1C. The first kappa shape index (κ1) is 7.94. The van der Waals surface area contributed by atoms with E-state index in [1.54, 1.807) is 10.9 Å². The van der Waals surface area contributed by atoms with Crippen molar-refractivity contribution in [2.24, 2.45) is 12.8 Å². The van der Waals surface area contributed by atoms with Crippen LogP contribution in [0.5, 0.6) is 0 Å². The summed E-state index contributed by atoms with van der Waals surface area (Å²) < 4.78 is 1.69. The number of rotatable bonds is 2. The van der Waals surface area contributed by atoms with E-state index >= 15 is 0 Å². The lowest BCUT2D eigenvalue weighted by Gasteiger charge is -1.94. The molecule has 4 nitrogen and oxygen atoms in total. The number of nitrogens with two attached hydrogens (primary N) is 1. The van der Waals surface area contributed by atoms with Crippen LogP contribution in [0.3, 0.4) is 0 Å². The maximum absolute atomic E-state index is 5.52. The number of hydrogen-bond acceptors (Lipinski definition) is 3. The molecule has 1 aromatic rings. The molecule has 0 aliphatic rings. The molecule has 1 heterocycles. The minimum Gasteiger partial charge on any atom is -0.325 e. The molecule has 0 fully saturated rings. The van der Waals surface area contributed by atoms with Gasteiger partial charge in [0.25, 0.3) is 0 Å². The monoisotopic (exact) mass is 152 g/mol. The third kappa shape index (κ3) is 2.16. The molecule has 60 valence electrons. The van der Waals surface area contributed by atoms with Crippen molar-refractivity contribution >= 4 is 6.08 Å². The van der Waals surface area contributed by atoms with Gasteiger partial charge in [0.1, 0.15) is 0 Å². The predicted molar refractivity (Wildman–Crippen MR) is 43.7 cm³/mol. The van der Waals surface area contributed by atoms with Crippen molar-refractivity contribution in [1.82, 2.24) is 15.0 Å². The van der Waals surface area contributed by atoms with E-state index < -0.39 is 0 Å². The van der Waals surface area contributed by atoms with E-state index in [0.717, 1.165) is 5.69 Å². The first-order valence-electron chi connectivity index (χ1n) is 3.48. The summed E-state index contributed by atoms with van der Waals surface area (Å²) in [4.78, 5) is 0. The molecule has 0 radical (unpaired) electrons. The highest BCUT2D eigenvalue weighted by Gasteiger charge is 1.93. The van der Waals surface area contributed by atoms with Crippen LogP contribution in [-0.2, 0) is 7.05 Å². The third-order valence-corrected chi connectivity index (χ3v) is 1.32. The summed E-state index contributed by atoms with van der Waals surface area (Å²) in [7, 11) is 1.84. The average Bonchev–Trinajstić information content (AvgIpc) is 2.31. The van der Waals surface area contributed by atoms with E-state index in [0.29, 0.717) is 0 Å². The Morgan fingerprint density at radius 2 is 2.45 bits per heavy atom. The van der Waals surface area contributed by atoms with Gasteiger partial charge in [0.15, 0.2) is 0 Å². The molecule has 2 N–H and O–H groups in total. The predicted octanol–water partition coefficient (Wildman–Crippen LogP) is 0.175. The third-order valence-electron chi connectivity index (χ3n) is 1.32. The molecule has 4 heteroatoms. The molecule has 1 rings (SSSR count). The van der Waals surface area contributed by atoms with E-state index in [2.05, 4.69) is 10.3 Å². The molecule has 0 saturated carbocycles. The average molecular weight is 152 g/mol. The highest BCUT2D eigenvalue weighted by molar-refractivity contribution is 5.43. The van der Waals surface area contributed by atoms with Gasteiger partial charge < -0.3 is 5.73 Å². The van der Waals surface area contributed by atoms with Gasteiger partial charge in [-0.25, -0.2) is 4.68 Å². The minimum atomic E-state index is 0.0740. The number of aromatic nitrogens is 3. The summed E-state index contributed by atoms with van der Waals surface area (Å²) in [6, 6.07) is 0.0740. The van der Waals surface area contributed by atoms with Crippen LogP contribution < -0.4 is 5.73 Å². The van der Waals surface area contributed by atoms with Crippen LogP contribution in [0.15, 0.2) is 12.3 Å². The Morgan fingerprint density at radius 3 is 2.91 bits per heavy atom. The molecular formula is C7H12N4. The molecule has 0 spiro atoms. The second-order valence-corrected chi connectivity index (χ2v) is 2.50. The molecule has 0 bridgehead atoms. The normalized spacial score (nSPS) is 14.1. The van der Waals surface area contributed by atoms with Crippen molar-refractivity contribution < 1.29 is 0 Å². The van der Waals surface area contributed by atoms with Gasteiger partial charge in [-0.3, -0.25) is 0 Å². The number of aryl methyl sites for hydroxylation is 1. The van der Waals surface area contributed by atoms with Crippen LogP contribution in [0, 0.1) is 0 Å². The maximum Gasteiger partial charge on any atom is 0.0807 e. The van der Waals surface area contributed by atoms with Crippen LogP contribution in [0.2, 0.25) is 0 Å². The number of nitrogens with zero attached hydrogens (tertiary/aromatic N) is 3. The molecule has 1 aromatic heterocycles. The second-order valence-electron chi connectivity index (χ2n) is 2.50. The summed E-state index contributed by atoms with van der Waals surface area (Å²) in [5.41, 5.74) is 6.48. The number of hydrogen-bond donors (Lipinski definition) is 1. The van der Waals surface area contributed by atoms with E-state index in [-0.39, 0.29) is 6.04 Å². The van der Waals surface area contributed by atoms with Crippen molar-refractivity contribution in [1.29, 1.82) is 0 Å². The molecule has 0 amide bonds.